The second kappa shape index (κ2) is 14.1. The second-order valence-electron chi connectivity index (χ2n) is 15.1. The van der Waals surface area contributed by atoms with Crippen LogP contribution < -0.4 is 9.64 Å². The lowest BCUT2D eigenvalue weighted by Gasteiger charge is -2.46. The molecule has 0 atom stereocenters. The topological polar surface area (TPSA) is 131 Å². The summed E-state index contributed by atoms with van der Waals surface area (Å²) in [5.74, 6) is 3.32. The third-order valence-corrected chi connectivity index (χ3v) is 11.1. The van der Waals surface area contributed by atoms with Crippen LogP contribution in [0.5, 0.6) is 5.75 Å². The number of aryl methyl sites for hydroxylation is 1. The zero-order chi connectivity index (χ0) is 34.1. The molecule has 0 aromatic carbocycles. The molecule has 262 valence electrons. The highest BCUT2D eigenvalue weighted by molar-refractivity contribution is 5.94. The standard InChI is InChI=1S/C38H49N5O6/c1-24-33(47-3)15-14-31(40-24)26-6-4-25(5-7-26)19-43(34-18-29(16-17-39-34)32-20-48-35(41-32)27-8-9-27)36(45)28-10-12-30(13-11-28)49-37(46)42-21-38(2,22-42)23-44/h14-18,20,25-28,30,44H,4-13,19,21-23H2,1-3H3. The van der Waals surface area contributed by atoms with E-state index in [4.69, 9.17) is 28.8 Å². The Balaban J connectivity index is 1.03. The summed E-state index contributed by atoms with van der Waals surface area (Å²) >= 11 is 0. The predicted octanol–water partition coefficient (Wildman–Crippen LogP) is 6.64. The molecule has 1 aliphatic heterocycles. The van der Waals surface area contributed by atoms with Crippen LogP contribution in [0.2, 0.25) is 0 Å². The summed E-state index contributed by atoms with van der Waals surface area (Å²) in [5, 5.41) is 9.53. The van der Waals surface area contributed by atoms with Crippen molar-refractivity contribution in [1.82, 2.24) is 19.9 Å². The minimum Gasteiger partial charge on any atom is -0.495 e. The van der Waals surface area contributed by atoms with E-state index in [1.165, 1.54) is 0 Å². The highest BCUT2D eigenvalue weighted by Crippen LogP contribution is 2.41. The fourth-order valence-corrected chi connectivity index (χ4v) is 7.84. The molecule has 4 heterocycles. The Morgan fingerprint density at radius 1 is 1.00 bits per heavy atom. The molecular weight excluding hydrogens is 622 g/mol. The van der Waals surface area contributed by atoms with Gasteiger partial charge in [0.15, 0.2) is 5.89 Å². The smallest absolute Gasteiger partial charge is 0.410 e. The summed E-state index contributed by atoms with van der Waals surface area (Å²) in [5.41, 5.74) is 3.45. The number of methoxy groups -OCH3 is 1. The van der Waals surface area contributed by atoms with Crippen LogP contribution in [0.3, 0.4) is 0 Å². The van der Waals surface area contributed by atoms with E-state index in [0.29, 0.717) is 68.9 Å². The Labute approximate surface area is 288 Å². The van der Waals surface area contributed by atoms with Gasteiger partial charge in [0.2, 0.25) is 5.91 Å². The first kappa shape index (κ1) is 33.5. The van der Waals surface area contributed by atoms with Crippen molar-refractivity contribution < 1.29 is 28.6 Å². The van der Waals surface area contributed by atoms with Gasteiger partial charge in [-0.2, -0.15) is 0 Å². The lowest BCUT2D eigenvalue weighted by atomic mass is 9.79. The molecule has 3 aliphatic carbocycles. The van der Waals surface area contributed by atoms with Gasteiger partial charge >= 0.3 is 6.09 Å². The van der Waals surface area contributed by atoms with Crippen LogP contribution in [-0.4, -0.2) is 76.4 Å². The van der Waals surface area contributed by atoms with E-state index in [9.17, 15) is 14.7 Å². The van der Waals surface area contributed by atoms with Gasteiger partial charge in [-0.25, -0.2) is 14.8 Å². The van der Waals surface area contributed by atoms with Crippen LogP contribution in [0.4, 0.5) is 10.6 Å². The number of aliphatic hydroxyl groups is 1. The minimum atomic E-state index is -0.323. The maximum absolute atomic E-state index is 14.4. The van der Waals surface area contributed by atoms with Crippen molar-refractivity contribution in [1.29, 1.82) is 0 Å². The fourth-order valence-electron chi connectivity index (χ4n) is 7.84. The molecule has 4 fully saturated rings. The zero-order valence-corrected chi connectivity index (χ0v) is 29.0. The number of rotatable bonds is 10. The van der Waals surface area contributed by atoms with E-state index < -0.39 is 0 Å². The van der Waals surface area contributed by atoms with E-state index in [0.717, 1.165) is 72.8 Å². The quantitative estimate of drug-likeness (QED) is 0.252. The molecule has 0 unspecified atom stereocenters. The van der Waals surface area contributed by atoms with Crippen molar-refractivity contribution in [2.24, 2.45) is 17.3 Å². The van der Waals surface area contributed by atoms with E-state index >= 15 is 0 Å². The molecule has 49 heavy (non-hydrogen) atoms. The van der Waals surface area contributed by atoms with Gasteiger partial charge in [-0.15, -0.1) is 0 Å². The highest BCUT2D eigenvalue weighted by Gasteiger charge is 2.43. The van der Waals surface area contributed by atoms with Gasteiger partial charge in [0.1, 0.15) is 29.6 Å². The van der Waals surface area contributed by atoms with Crippen LogP contribution in [-0.2, 0) is 9.53 Å². The number of aliphatic hydroxyl groups excluding tert-OH is 1. The Morgan fingerprint density at radius 3 is 2.41 bits per heavy atom. The van der Waals surface area contributed by atoms with Gasteiger partial charge in [-0.3, -0.25) is 14.7 Å². The third-order valence-electron chi connectivity index (χ3n) is 11.1. The molecule has 4 aliphatic rings. The molecule has 3 aromatic rings. The summed E-state index contributed by atoms with van der Waals surface area (Å²) in [6.45, 7) is 5.63. The van der Waals surface area contributed by atoms with Crippen LogP contribution >= 0.6 is 0 Å². The monoisotopic (exact) mass is 671 g/mol. The number of oxazole rings is 1. The van der Waals surface area contributed by atoms with Gasteiger partial charge in [0.05, 0.1) is 19.4 Å². The van der Waals surface area contributed by atoms with Crippen molar-refractivity contribution in [3.63, 3.8) is 0 Å². The highest BCUT2D eigenvalue weighted by atomic mass is 16.6. The Bertz CT molecular complexity index is 1630. The average molecular weight is 672 g/mol. The third kappa shape index (κ3) is 7.46. The van der Waals surface area contributed by atoms with Gasteiger partial charge in [0, 0.05) is 60.3 Å². The first-order chi connectivity index (χ1) is 23.7. The van der Waals surface area contributed by atoms with Crippen molar-refractivity contribution >= 4 is 17.8 Å². The summed E-state index contributed by atoms with van der Waals surface area (Å²) in [7, 11) is 1.67. The molecule has 1 saturated heterocycles. The maximum Gasteiger partial charge on any atom is 0.410 e. The molecule has 3 aromatic heterocycles. The van der Waals surface area contributed by atoms with Crippen molar-refractivity contribution in [2.75, 3.05) is 38.3 Å². The Hall–Kier alpha value is -3.99. The molecule has 3 saturated carbocycles. The summed E-state index contributed by atoms with van der Waals surface area (Å²) in [6, 6.07) is 8.00. The normalized spacial score (nSPS) is 24.9. The molecule has 11 nitrogen and oxygen atoms in total. The number of carbonyl (C=O) groups excluding carboxylic acids is 2. The first-order valence-corrected chi connectivity index (χ1v) is 18.0. The van der Waals surface area contributed by atoms with E-state index in [1.54, 1.807) is 24.5 Å². The molecule has 11 heteroatoms. The number of nitrogens with zero attached hydrogens (tertiary/aromatic N) is 5. The number of aromatic nitrogens is 3. The molecule has 0 radical (unpaired) electrons. The number of ether oxygens (including phenoxy) is 2. The number of anilines is 1. The molecule has 7 rings (SSSR count). The van der Waals surface area contributed by atoms with Crippen molar-refractivity contribution in [3.8, 4) is 17.0 Å². The number of hydrogen-bond acceptors (Lipinski definition) is 9. The predicted molar refractivity (Wildman–Crippen MR) is 183 cm³/mol. The average Bonchev–Trinajstić information content (AvgIpc) is 3.85. The van der Waals surface area contributed by atoms with Gasteiger partial charge in [-0.1, -0.05) is 6.92 Å². The van der Waals surface area contributed by atoms with Crippen molar-refractivity contribution in [3.05, 3.63) is 54.0 Å². The Kier molecular flexibility index (Phi) is 9.64. The Morgan fingerprint density at radius 2 is 1.73 bits per heavy atom. The number of pyridine rings is 2. The summed E-state index contributed by atoms with van der Waals surface area (Å²) < 4.78 is 17.0. The van der Waals surface area contributed by atoms with E-state index in [2.05, 4.69) is 6.07 Å². The SMILES string of the molecule is COc1ccc(C2CCC(CN(C(=O)C3CCC(OC(=O)N4CC(C)(CO)C4)CC3)c3cc(-c4coc(C5CC5)n4)ccn3)CC2)nc1C. The summed E-state index contributed by atoms with van der Waals surface area (Å²) in [6.07, 6.45) is 11.8. The number of carbonyl (C=O) groups is 2. The van der Waals surface area contributed by atoms with E-state index in [1.807, 2.05) is 36.9 Å². The first-order valence-electron chi connectivity index (χ1n) is 18.0. The summed E-state index contributed by atoms with van der Waals surface area (Å²) in [4.78, 5) is 45.0. The zero-order valence-electron chi connectivity index (χ0n) is 29.0. The molecule has 0 spiro atoms. The van der Waals surface area contributed by atoms with Gasteiger partial charge in [-0.05, 0) is 101 Å². The number of amides is 2. The molecule has 1 N–H and O–H groups in total. The largest absolute Gasteiger partial charge is 0.495 e. The van der Waals surface area contributed by atoms with Crippen LogP contribution in [0.1, 0.15) is 100 Å². The number of likely N-dealkylation sites (tertiary alicyclic amines) is 1. The van der Waals surface area contributed by atoms with E-state index in [-0.39, 0.29) is 36.0 Å². The molecule has 2 amide bonds. The number of hydrogen-bond donors (Lipinski definition) is 1. The second-order valence-corrected chi connectivity index (χ2v) is 15.1. The van der Waals surface area contributed by atoms with Crippen LogP contribution in [0.25, 0.3) is 11.3 Å². The van der Waals surface area contributed by atoms with Crippen LogP contribution in [0.15, 0.2) is 41.1 Å². The maximum atomic E-state index is 14.4. The minimum absolute atomic E-state index is 0.0549. The lowest BCUT2D eigenvalue weighted by molar-refractivity contribution is -0.124. The van der Waals surface area contributed by atoms with Crippen LogP contribution in [0, 0.1) is 24.2 Å². The molecular formula is C38H49N5O6. The van der Waals surface area contributed by atoms with Gasteiger partial charge < -0.3 is 23.9 Å². The lowest BCUT2D eigenvalue weighted by Crippen LogP contribution is -2.59. The van der Waals surface area contributed by atoms with Gasteiger partial charge in [0.25, 0.3) is 0 Å². The van der Waals surface area contributed by atoms with Crippen molar-refractivity contribution in [2.45, 2.75) is 96.0 Å². The fraction of sp³-hybridized carbons (Fsp3) is 0.605. The molecule has 0 bridgehead atoms.